The molecule has 0 amide bonds. The molecule has 0 aliphatic carbocycles. The molecule has 0 aromatic carbocycles. The molecule has 0 radical (unpaired) electrons. The van der Waals surface area contributed by atoms with Crippen molar-refractivity contribution in [2.24, 2.45) is 10.8 Å². The molecule has 1 fully saturated rings. The minimum Gasteiger partial charge on any atom is -0.448 e. The number of carbonyl (C=O) groups is 2. The van der Waals surface area contributed by atoms with E-state index in [9.17, 15) is 9.59 Å². The summed E-state index contributed by atoms with van der Waals surface area (Å²) in [5.74, 6) is -0.897. The van der Waals surface area contributed by atoms with Crippen molar-refractivity contribution < 1.29 is 19.1 Å². The van der Waals surface area contributed by atoms with Crippen LogP contribution in [-0.4, -0.2) is 23.6 Å². The van der Waals surface area contributed by atoms with Crippen LogP contribution in [0, 0.1) is 10.8 Å². The van der Waals surface area contributed by atoms with Crippen LogP contribution >= 0.6 is 0 Å². The topological polar surface area (TPSA) is 52.6 Å². The highest BCUT2D eigenvalue weighted by atomic mass is 16.7. The Hall–Kier alpha value is -1.06. The average Bonchev–Trinajstić information content (AvgIpc) is 2.09. The SMILES string of the molecule is CC1OC(=O)C(CC(C)(C)C)(C(C)(C)C)OC1=O. The van der Waals surface area contributed by atoms with Gasteiger partial charge >= 0.3 is 11.9 Å². The van der Waals surface area contributed by atoms with Gasteiger partial charge < -0.3 is 9.47 Å². The summed E-state index contributed by atoms with van der Waals surface area (Å²) < 4.78 is 10.7. The van der Waals surface area contributed by atoms with Gasteiger partial charge in [-0.15, -0.1) is 0 Å². The molecule has 1 aliphatic rings. The molecule has 2 unspecified atom stereocenters. The van der Waals surface area contributed by atoms with E-state index in [1.807, 2.05) is 41.5 Å². The van der Waals surface area contributed by atoms with E-state index in [0.717, 1.165) is 0 Å². The third-order valence-electron chi connectivity index (χ3n) is 3.21. The van der Waals surface area contributed by atoms with E-state index in [1.165, 1.54) is 6.92 Å². The van der Waals surface area contributed by atoms with Gasteiger partial charge in [-0.25, -0.2) is 9.59 Å². The summed E-state index contributed by atoms with van der Waals surface area (Å²) in [6, 6.07) is 0. The van der Waals surface area contributed by atoms with E-state index in [-0.39, 0.29) is 5.41 Å². The van der Waals surface area contributed by atoms with Crippen LogP contribution in [0.3, 0.4) is 0 Å². The molecular formula is C14H24O4. The Bertz CT molecular complexity index is 359. The van der Waals surface area contributed by atoms with Crippen molar-refractivity contribution in [2.75, 3.05) is 0 Å². The van der Waals surface area contributed by atoms with E-state index in [1.54, 1.807) is 0 Å². The summed E-state index contributed by atoms with van der Waals surface area (Å²) >= 11 is 0. The van der Waals surface area contributed by atoms with Gasteiger partial charge in [0.15, 0.2) is 6.10 Å². The zero-order valence-electron chi connectivity index (χ0n) is 12.4. The summed E-state index contributed by atoms with van der Waals surface area (Å²) in [6.45, 7) is 13.2. The van der Waals surface area contributed by atoms with Crippen LogP contribution in [0.5, 0.6) is 0 Å². The van der Waals surface area contributed by atoms with Crippen LogP contribution < -0.4 is 0 Å². The summed E-state index contributed by atoms with van der Waals surface area (Å²) in [5.41, 5.74) is -1.85. The van der Waals surface area contributed by atoms with Crippen molar-refractivity contribution in [2.45, 2.75) is 66.6 Å². The Morgan fingerprint density at radius 2 is 1.61 bits per heavy atom. The minimum atomic E-state index is -1.20. The Labute approximate surface area is 109 Å². The first kappa shape index (κ1) is 15.0. The molecule has 104 valence electrons. The maximum atomic E-state index is 12.3. The van der Waals surface area contributed by atoms with Gasteiger partial charge in [0.1, 0.15) is 0 Å². The predicted molar refractivity (Wildman–Crippen MR) is 67.9 cm³/mol. The van der Waals surface area contributed by atoms with Gasteiger partial charge in [-0.3, -0.25) is 0 Å². The second kappa shape index (κ2) is 4.25. The van der Waals surface area contributed by atoms with Crippen LogP contribution in [0.2, 0.25) is 0 Å². The Morgan fingerprint density at radius 3 is 2.00 bits per heavy atom. The fourth-order valence-corrected chi connectivity index (χ4v) is 2.18. The lowest BCUT2D eigenvalue weighted by molar-refractivity contribution is -0.228. The first-order chi connectivity index (χ1) is 7.89. The Morgan fingerprint density at radius 1 is 1.11 bits per heavy atom. The van der Waals surface area contributed by atoms with Gasteiger partial charge in [-0.2, -0.15) is 0 Å². The highest BCUT2D eigenvalue weighted by molar-refractivity contribution is 5.91. The second-order valence-electron chi connectivity index (χ2n) is 7.28. The Kier molecular flexibility index (Phi) is 3.54. The lowest BCUT2D eigenvalue weighted by Crippen LogP contribution is -2.61. The van der Waals surface area contributed by atoms with Crippen molar-refractivity contribution in [3.8, 4) is 0 Å². The zero-order valence-corrected chi connectivity index (χ0v) is 12.4. The summed E-state index contributed by atoms with van der Waals surface area (Å²) in [5, 5.41) is 0. The average molecular weight is 256 g/mol. The first-order valence-electron chi connectivity index (χ1n) is 6.33. The van der Waals surface area contributed by atoms with Crippen molar-refractivity contribution in [1.82, 2.24) is 0 Å². The summed E-state index contributed by atoms with van der Waals surface area (Å²) in [4.78, 5) is 24.1. The van der Waals surface area contributed by atoms with Crippen molar-refractivity contribution >= 4 is 11.9 Å². The van der Waals surface area contributed by atoms with Crippen molar-refractivity contribution in [3.63, 3.8) is 0 Å². The smallest absolute Gasteiger partial charge is 0.352 e. The monoisotopic (exact) mass is 256 g/mol. The number of esters is 2. The molecule has 1 saturated heterocycles. The normalized spacial score (nSPS) is 29.8. The zero-order chi connectivity index (χ0) is 14.4. The molecule has 4 nitrogen and oxygen atoms in total. The van der Waals surface area contributed by atoms with E-state index >= 15 is 0 Å². The van der Waals surface area contributed by atoms with Gasteiger partial charge in [0.25, 0.3) is 0 Å². The molecule has 0 saturated carbocycles. The number of ether oxygens (including phenoxy) is 2. The quantitative estimate of drug-likeness (QED) is 0.677. The molecule has 1 heterocycles. The van der Waals surface area contributed by atoms with Crippen LogP contribution in [0.15, 0.2) is 0 Å². The molecule has 18 heavy (non-hydrogen) atoms. The van der Waals surface area contributed by atoms with Gasteiger partial charge in [0, 0.05) is 11.8 Å². The molecule has 0 spiro atoms. The molecule has 1 rings (SSSR count). The highest BCUT2D eigenvalue weighted by Gasteiger charge is 2.58. The van der Waals surface area contributed by atoms with Gasteiger partial charge in [-0.1, -0.05) is 41.5 Å². The second-order valence-corrected chi connectivity index (χ2v) is 7.28. The number of cyclic esters (lactones) is 2. The Balaban J connectivity index is 3.21. The number of carbonyl (C=O) groups excluding carboxylic acids is 2. The van der Waals surface area contributed by atoms with Gasteiger partial charge in [0.05, 0.1) is 0 Å². The third-order valence-corrected chi connectivity index (χ3v) is 3.21. The molecule has 4 heteroatoms. The van der Waals surface area contributed by atoms with E-state index in [0.29, 0.717) is 6.42 Å². The summed E-state index contributed by atoms with van der Waals surface area (Å²) in [6.07, 6.45) is -0.367. The maximum Gasteiger partial charge on any atom is 0.352 e. The molecule has 1 aliphatic heterocycles. The standard InChI is InChI=1S/C14H24O4/c1-9-10(15)18-14(11(16)17-9,13(5,6)7)8-12(2,3)4/h9H,8H2,1-7H3. The predicted octanol–water partition coefficient (Wildman–Crippen LogP) is 2.70. The largest absolute Gasteiger partial charge is 0.448 e. The number of hydrogen-bond donors (Lipinski definition) is 0. The molecule has 0 aromatic heterocycles. The third kappa shape index (κ3) is 2.68. The van der Waals surface area contributed by atoms with Gasteiger partial charge in [0.2, 0.25) is 5.60 Å². The number of hydrogen-bond acceptors (Lipinski definition) is 4. The minimum absolute atomic E-state index is 0.146. The lowest BCUT2D eigenvalue weighted by Gasteiger charge is -2.47. The van der Waals surface area contributed by atoms with Crippen molar-refractivity contribution in [1.29, 1.82) is 0 Å². The highest BCUT2D eigenvalue weighted by Crippen LogP contribution is 2.45. The van der Waals surface area contributed by atoms with Crippen LogP contribution in [0.25, 0.3) is 0 Å². The molecule has 0 bridgehead atoms. The van der Waals surface area contributed by atoms with E-state index in [4.69, 9.17) is 9.47 Å². The van der Waals surface area contributed by atoms with Crippen LogP contribution in [0.4, 0.5) is 0 Å². The molecule has 0 N–H and O–H groups in total. The number of rotatable bonds is 1. The molecular weight excluding hydrogens is 232 g/mol. The summed E-state index contributed by atoms with van der Waals surface area (Å²) in [7, 11) is 0. The molecule has 0 aromatic rings. The van der Waals surface area contributed by atoms with E-state index < -0.39 is 29.1 Å². The first-order valence-corrected chi connectivity index (χ1v) is 6.33. The van der Waals surface area contributed by atoms with Gasteiger partial charge in [-0.05, 0) is 12.3 Å². The molecule has 2 atom stereocenters. The van der Waals surface area contributed by atoms with Crippen LogP contribution in [0.1, 0.15) is 54.9 Å². The lowest BCUT2D eigenvalue weighted by atomic mass is 9.68. The van der Waals surface area contributed by atoms with Crippen molar-refractivity contribution in [3.05, 3.63) is 0 Å². The fourth-order valence-electron chi connectivity index (χ4n) is 2.18. The van der Waals surface area contributed by atoms with Crippen LogP contribution in [-0.2, 0) is 19.1 Å². The fraction of sp³-hybridized carbons (Fsp3) is 0.857. The maximum absolute atomic E-state index is 12.3. The van der Waals surface area contributed by atoms with E-state index in [2.05, 4.69) is 0 Å².